The van der Waals surface area contributed by atoms with Crippen molar-refractivity contribution < 1.29 is 19.1 Å². The number of benzene rings is 1. The molecule has 9 heteroatoms. The Morgan fingerprint density at radius 2 is 2.00 bits per heavy atom. The highest BCUT2D eigenvalue weighted by Gasteiger charge is 2.45. The van der Waals surface area contributed by atoms with Crippen LogP contribution in [0.2, 0.25) is 0 Å². The molecule has 9 nitrogen and oxygen atoms in total. The summed E-state index contributed by atoms with van der Waals surface area (Å²) in [5.41, 5.74) is 3.06. The molecule has 3 aromatic rings. The Hall–Kier alpha value is -3.36. The molecule has 1 N–H and O–H groups in total. The van der Waals surface area contributed by atoms with Crippen molar-refractivity contribution in [2.24, 2.45) is 0 Å². The number of ether oxygens (including phenoxy) is 2. The number of aryl methyl sites for hydroxylation is 2. The standard InChI is InChI=1S/C25H31N5O4/c1-5-18-17-12-16(13-20(33-7-3)21(17)27-26-18)24(32)29-10-8-25(9-11-29)14-19(31)22-23(34-25)15(4)30(6-2)28-22/h12-13H,5-11,14H2,1-4H3,(H,26,27). The maximum atomic E-state index is 13.5. The molecule has 2 aliphatic heterocycles. The summed E-state index contributed by atoms with van der Waals surface area (Å²) in [6.45, 7) is 10.1. The molecule has 0 unspecified atom stereocenters. The molecule has 0 radical (unpaired) electrons. The summed E-state index contributed by atoms with van der Waals surface area (Å²) >= 11 is 0. The van der Waals surface area contributed by atoms with Gasteiger partial charge in [-0.05, 0) is 39.3 Å². The van der Waals surface area contributed by atoms with Crippen LogP contribution >= 0.6 is 0 Å². The van der Waals surface area contributed by atoms with Gasteiger partial charge in [0.1, 0.15) is 16.9 Å². The van der Waals surface area contributed by atoms with Crippen LogP contribution in [0.1, 0.15) is 72.3 Å². The highest BCUT2D eigenvalue weighted by atomic mass is 16.5. The third-order valence-corrected chi connectivity index (χ3v) is 7.08. The Balaban J connectivity index is 1.37. The van der Waals surface area contributed by atoms with E-state index in [0.29, 0.717) is 68.3 Å². The van der Waals surface area contributed by atoms with Crippen molar-refractivity contribution in [2.75, 3.05) is 19.7 Å². The number of carbonyl (C=O) groups is 2. The summed E-state index contributed by atoms with van der Waals surface area (Å²) in [5, 5.41) is 12.8. The highest BCUT2D eigenvalue weighted by molar-refractivity contribution is 6.01. The van der Waals surface area contributed by atoms with Crippen LogP contribution in [0.3, 0.4) is 0 Å². The summed E-state index contributed by atoms with van der Waals surface area (Å²) in [5.74, 6) is 1.20. The van der Waals surface area contributed by atoms with E-state index in [4.69, 9.17) is 9.47 Å². The fourth-order valence-corrected chi connectivity index (χ4v) is 5.15. The predicted octanol–water partition coefficient (Wildman–Crippen LogP) is 3.69. The molecule has 0 atom stereocenters. The summed E-state index contributed by atoms with van der Waals surface area (Å²) in [7, 11) is 0. The predicted molar refractivity (Wildman–Crippen MR) is 127 cm³/mol. The van der Waals surface area contributed by atoms with Gasteiger partial charge >= 0.3 is 0 Å². The minimum atomic E-state index is -0.576. The van der Waals surface area contributed by atoms with Crippen molar-refractivity contribution in [1.82, 2.24) is 24.9 Å². The second-order valence-corrected chi connectivity index (χ2v) is 9.12. The summed E-state index contributed by atoms with van der Waals surface area (Å²) in [6, 6.07) is 3.69. The van der Waals surface area contributed by atoms with Crippen LogP contribution in [0.5, 0.6) is 11.5 Å². The van der Waals surface area contributed by atoms with Crippen molar-refractivity contribution in [3.05, 3.63) is 34.8 Å². The van der Waals surface area contributed by atoms with Crippen molar-refractivity contribution in [1.29, 1.82) is 0 Å². The first-order chi connectivity index (χ1) is 16.4. The van der Waals surface area contributed by atoms with Gasteiger partial charge in [-0.1, -0.05) is 6.92 Å². The van der Waals surface area contributed by atoms with Crippen molar-refractivity contribution in [3.63, 3.8) is 0 Å². The second kappa shape index (κ2) is 8.45. The Morgan fingerprint density at radius 3 is 2.68 bits per heavy atom. The van der Waals surface area contributed by atoms with Crippen LogP contribution in [-0.4, -0.2) is 61.9 Å². The van der Waals surface area contributed by atoms with Crippen LogP contribution in [-0.2, 0) is 13.0 Å². The Bertz CT molecular complexity index is 1270. The zero-order valence-electron chi connectivity index (χ0n) is 20.2. The minimum Gasteiger partial charge on any atom is -0.491 e. The van der Waals surface area contributed by atoms with E-state index in [0.717, 1.165) is 28.7 Å². The van der Waals surface area contributed by atoms with Crippen molar-refractivity contribution >= 4 is 22.6 Å². The van der Waals surface area contributed by atoms with Crippen LogP contribution < -0.4 is 9.47 Å². The second-order valence-electron chi connectivity index (χ2n) is 9.12. The van der Waals surface area contributed by atoms with Gasteiger partial charge in [-0.2, -0.15) is 10.2 Å². The lowest BCUT2D eigenvalue weighted by molar-refractivity contribution is -0.00628. The molecule has 1 fully saturated rings. The number of aromatic nitrogens is 4. The number of fused-ring (bicyclic) bond motifs is 2. The van der Waals surface area contributed by atoms with Gasteiger partial charge in [0.25, 0.3) is 5.91 Å². The Kier molecular flexibility index (Phi) is 5.58. The van der Waals surface area contributed by atoms with Gasteiger partial charge in [0.15, 0.2) is 17.2 Å². The molecule has 1 aromatic carbocycles. The van der Waals surface area contributed by atoms with Crippen LogP contribution in [0.15, 0.2) is 12.1 Å². The first-order valence-electron chi connectivity index (χ1n) is 12.1. The topological polar surface area (TPSA) is 102 Å². The Labute approximate surface area is 198 Å². The van der Waals surface area contributed by atoms with Crippen molar-refractivity contribution in [3.8, 4) is 11.5 Å². The van der Waals surface area contributed by atoms with Gasteiger partial charge in [0.2, 0.25) is 0 Å². The maximum Gasteiger partial charge on any atom is 0.254 e. The van der Waals surface area contributed by atoms with E-state index in [-0.39, 0.29) is 11.7 Å². The number of piperidine rings is 1. The lowest BCUT2D eigenvalue weighted by atomic mass is 9.83. The fourth-order valence-electron chi connectivity index (χ4n) is 5.15. The molecule has 0 aliphatic carbocycles. The number of hydrogen-bond donors (Lipinski definition) is 1. The van der Waals surface area contributed by atoms with Gasteiger partial charge in [0.05, 0.1) is 18.7 Å². The number of aromatic amines is 1. The molecule has 1 saturated heterocycles. The zero-order valence-corrected chi connectivity index (χ0v) is 20.2. The van der Waals surface area contributed by atoms with Gasteiger partial charge in [-0.3, -0.25) is 19.4 Å². The van der Waals surface area contributed by atoms with Gasteiger partial charge in [-0.15, -0.1) is 0 Å². The monoisotopic (exact) mass is 465 g/mol. The third kappa shape index (κ3) is 3.54. The number of Topliss-reactive ketones (excluding diaryl/α,β-unsaturated/α-hetero) is 1. The number of nitrogens with zero attached hydrogens (tertiary/aromatic N) is 4. The maximum absolute atomic E-state index is 13.5. The molecular formula is C25H31N5O4. The lowest BCUT2D eigenvalue weighted by Gasteiger charge is -2.43. The fraction of sp³-hybridized carbons (Fsp3) is 0.520. The number of carbonyl (C=O) groups excluding carboxylic acids is 2. The molecular weight excluding hydrogens is 434 g/mol. The first-order valence-corrected chi connectivity index (χ1v) is 12.1. The highest BCUT2D eigenvalue weighted by Crippen LogP contribution is 2.41. The lowest BCUT2D eigenvalue weighted by Crippen LogP contribution is -2.52. The van der Waals surface area contributed by atoms with E-state index in [2.05, 4.69) is 22.2 Å². The molecule has 5 rings (SSSR count). The van der Waals surface area contributed by atoms with Crippen LogP contribution in [0.25, 0.3) is 10.9 Å². The van der Waals surface area contributed by atoms with Crippen LogP contribution in [0.4, 0.5) is 0 Å². The van der Waals surface area contributed by atoms with E-state index in [9.17, 15) is 9.59 Å². The SMILES string of the molecule is CCOc1cc(C(=O)N2CCC3(CC2)CC(=O)c2nn(CC)c(C)c2O3)cc2c(CC)[nH]nc12. The molecule has 2 aliphatic rings. The van der Waals surface area contributed by atoms with Crippen molar-refractivity contribution in [2.45, 2.75) is 65.5 Å². The molecule has 0 bridgehead atoms. The molecule has 1 spiro atoms. The molecule has 34 heavy (non-hydrogen) atoms. The summed E-state index contributed by atoms with van der Waals surface area (Å²) in [6.07, 6.45) is 2.30. The molecule has 4 heterocycles. The average Bonchev–Trinajstić information content (AvgIpc) is 3.40. The first kappa shape index (κ1) is 22.4. The Morgan fingerprint density at radius 1 is 1.24 bits per heavy atom. The number of nitrogens with one attached hydrogen (secondary N) is 1. The largest absolute Gasteiger partial charge is 0.491 e. The summed E-state index contributed by atoms with van der Waals surface area (Å²) < 4.78 is 14.0. The molecule has 2 aromatic heterocycles. The van der Waals surface area contributed by atoms with E-state index < -0.39 is 5.60 Å². The molecule has 1 amide bonds. The van der Waals surface area contributed by atoms with Gasteiger partial charge < -0.3 is 14.4 Å². The molecule has 0 saturated carbocycles. The average molecular weight is 466 g/mol. The van der Waals surface area contributed by atoms with E-state index in [1.54, 1.807) is 6.07 Å². The smallest absolute Gasteiger partial charge is 0.254 e. The molecule has 180 valence electrons. The number of H-pyrrole nitrogens is 1. The van der Waals surface area contributed by atoms with Crippen LogP contribution in [0, 0.1) is 6.92 Å². The number of ketones is 1. The summed E-state index contributed by atoms with van der Waals surface area (Å²) in [4.78, 5) is 28.2. The van der Waals surface area contributed by atoms with E-state index in [1.807, 2.05) is 36.4 Å². The van der Waals surface area contributed by atoms with Gasteiger partial charge in [0, 0.05) is 49.1 Å². The number of amides is 1. The van der Waals surface area contributed by atoms with Gasteiger partial charge in [-0.25, -0.2) is 0 Å². The number of rotatable bonds is 5. The minimum absolute atomic E-state index is 0.0233. The number of likely N-dealkylation sites (tertiary alicyclic amines) is 1. The normalized spacial score (nSPS) is 17.2. The third-order valence-electron chi connectivity index (χ3n) is 7.08. The van der Waals surface area contributed by atoms with E-state index in [1.165, 1.54) is 0 Å². The number of hydrogen-bond acceptors (Lipinski definition) is 6. The zero-order chi connectivity index (χ0) is 24.0. The quantitative estimate of drug-likeness (QED) is 0.617. The van der Waals surface area contributed by atoms with E-state index >= 15 is 0 Å².